The smallest absolute Gasteiger partial charge is 0.0829 e. The van der Waals surface area contributed by atoms with Crippen molar-refractivity contribution in [3.05, 3.63) is 0 Å². The largest absolute Gasteiger partial charge is 0.374 e. The molecule has 4 heteroatoms. The first-order valence-electron chi connectivity index (χ1n) is 7.58. The van der Waals surface area contributed by atoms with Crippen LogP contribution in [-0.4, -0.2) is 68.3 Å². The van der Waals surface area contributed by atoms with Crippen molar-refractivity contribution in [2.75, 3.05) is 52.4 Å². The van der Waals surface area contributed by atoms with Crippen molar-refractivity contribution >= 4 is 0 Å². The molecule has 18 heavy (non-hydrogen) atoms. The summed E-state index contributed by atoms with van der Waals surface area (Å²) in [4.78, 5) is 5.09. The molecule has 2 heterocycles. The second-order valence-electron chi connectivity index (χ2n) is 5.73. The Bertz CT molecular complexity index is 235. The zero-order valence-electron chi connectivity index (χ0n) is 11.8. The second-order valence-corrected chi connectivity index (χ2v) is 5.73. The Morgan fingerprint density at radius 3 is 2.89 bits per heavy atom. The molecule has 0 aromatic heterocycles. The van der Waals surface area contributed by atoms with Crippen LogP contribution in [-0.2, 0) is 4.74 Å². The molecule has 2 fully saturated rings. The van der Waals surface area contributed by atoms with Gasteiger partial charge in [0.25, 0.3) is 0 Å². The Kier molecular flexibility index (Phi) is 5.89. The van der Waals surface area contributed by atoms with E-state index in [-0.39, 0.29) is 0 Å². The fraction of sp³-hybridized carbons (Fsp3) is 1.00. The highest BCUT2D eigenvalue weighted by Crippen LogP contribution is 2.20. The molecule has 0 radical (unpaired) electrons. The van der Waals surface area contributed by atoms with E-state index in [2.05, 4.69) is 16.7 Å². The molecular weight excluding hydrogens is 226 g/mol. The Morgan fingerprint density at radius 1 is 1.22 bits per heavy atom. The molecule has 2 N–H and O–H groups in total. The third-order valence-corrected chi connectivity index (χ3v) is 4.31. The minimum Gasteiger partial charge on any atom is -0.374 e. The summed E-state index contributed by atoms with van der Waals surface area (Å²) in [6.07, 6.45) is 4.29. The van der Waals surface area contributed by atoms with Crippen LogP contribution in [0.2, 0.25) is 0 Å². The highest BCUT2D eigenvalue weighted by molar-refractivity contribution is 4.79. The van der Waals surface area contributed by atoms with Crippen LogP contribution < -0.4 is 5.73 Å². The van der Waals surface area contributed by atoms with Gasteiger partial charge in [-0.1, -0.05) is 6.92 Å². The van der Waals surface area contributed by atoms with E-state index in [1.54, 1.807) is 0 Å². The van der Waals surface area contributed by atoms with Crippen LogP contribution in [0, 0.1) is 5.92 Å². The molecule has 2 aliphatic heterocycles. The SMILES string of the molecule is CCN1CCOC(CN2CCCC(CCN)C2)C1. The van der Waals surface area contributed by atoms with E-state index < -0.39 is 0 Å². The molecule has 0 spiro atoms. The van der Waals surface area contributed by atoms with Gasteiger partial charge in [0.15, 0.2) is 0 Å². The summed E-state index contributed by atoms with van der Waals surface area (Å²) < 4.78 is 5.90. The minimum absolute atomic E-state index is 0.412. The van der Waals surface area contributed by atoms with Gasteiger partial charge in [-0.05, 0) is 44.8 Å². The van der Waals surface area contributed by atoms with Crippen molar-refractivity contribution in [2.45, 2.75) is 32.3 Å². The van der Waals surface area contributed by atoms with Crippen molar-refractivity contribution in [1.82, 2.24) is 9.80 Å². The zero-order chi connectivity index (χ0) is 12.8. The van der Waals surface area contributed by atoms with Gasteiger partial charge in [0.2, 0.25) is 0 Å². The Labute approximate surface area is 111 Å². The predicted octanol–water partition coefficient (Wildman–Crippen LogP) is 0.768. The lowest BCUT2D eigenvalue weighted by Crippen LogP contribution is -2.49. The van der Waals surface area contributed by atoms with Crippen LogP contribution in [0.1, 0.15) is 26.2 Å². The molecule has 2 unspecified atom stereocenters. The van der Waals surface area contributed by atoms with Gasteiger partial charge in [0.1, 0.15) is 0 Å². The molecule has 2 saturated heterocycles. The molecule has 4 nitrogen and oxygen atoms in total. The van der Waals surface area contributed by atoms with E-state index in [9.17, 15) is 0 Å². The maximum Gasteiger partial charge on any atom is 0.0829 e. The topological polar surface area (TPSA) is 41.7 Å². The summed E-state index contributed by atoms with van der Waals surface area (Å²) in [6, 6.07) is 0. The average molecular weight is 255 g/mol. The third kappa shape index (κ3) is 4.19. The molecule has 0 aliphatic carbocycles. The van der Waals surface area contributed by atoms with Crippen LogP contribution in [0.25, 0.3) is 0 Å². The number of ether oxygens (including phenoxy) is 1. The number of nitrogens with zero attached hydrogens (tertiary/aromatic N) is 2. The van der Waals surface area contributed by atoms with Gasteiger partial charge < -0.3 is 15.4 Å². The van der Waals surface area contributed by atoms with Crippen LogP contribution in [0.4, 0.5) is 0 Å². The van der Waals surface area contributed by atoms with E-state index in [4.69, 9.17) is 10.5 Å². The number of hydrogen-bond donors (Lipinski definition) is 1. The lowest BCUT2D eigenvalue weighted by atomic mass is 9.94. The van der Waals surface area contributed by atoms with Crippen LogP contribution in [0.15, 0.2) is 0 Å². The quantitative estimate of drug-likeness (QED) is 0.788. The predicted molar refractivity (Wildman–Crippen MR) is 74.7 cm³/mol. The van der Waals surface area contributed by atoms with Gasteiger partial charge in [-0.3, -0.25) is 4.90 Å². The number of likely N-dealkylation sites (tertiary alicyclic amines) is 1. The van der Waals surface area contributed by atoms with Gasteiger partial charge in [0.05, 0.1) is 12.7 Å². The Hall–Kier alpha value is -0.160. The van der Waals surface area contributed by atoms with Crippen molar-refractivity contribution in [1.29, 1.82) is 0 Å². The Balaban J connectivity index is 1.74. The number of hydrogen-bond acceptors (Lipinski definition) is 4. The highest BCUT2D eigenvalue weighted by atomic mass is 16.5. The van der Waals surface area contributed by atoms with Crippen LogP contribution in [0.5, 0.6) is 0 Å². The molecule has 2 rings (SSSR count). The summed E-state index contributed by atoms with van der Waals surface area (Å²) in [7, 11) is 0. The lowest BCUT2D eigenvalue weighted by Gasteiger charge is -2.38. The first-order chi connectivity index (χ1) is 8.81. The van der Waals surface area contributed by atoms with Gasteiger partial charge >= 0.3 is 0 Å². The first kappa shape index (κ1) is 14.3. The first-order valence-corrected chi connectivity index (χ1v) is 7.58. The van der Waals surface area contributed by atoms with E-state index >= 15 is 0 Å². The molecule has 0 amide bonds. The number of likely N-dealkylation sites (N-methyl/N-ethyl adjacent to an activating group) is 1. The molecule has 0 bridgehead atoms. The van der Waals surface area contributed by atoms with Gasteiger partial charge in [-0.15, -0.1) is 0 Å². The lowest BCUT2D eigenvalue weighted by molar-refractivity contribution is -0.0463. The third-order valence-electron chi connectivity index (χ3n) is 4.31. The molecule has 0 saturated carbocycles. The summed E-state index contributed by atoms with van der Waals surface area (Å²) >= 11 is 0. The van der Waals surface area contributed by atoms with Gasteiger partial charge in [-0.2, -0.15) is 0 Å². The molecule has 2 atom stereocenters. The van der Waals surface area contributed by atoms with Crippen molar-refractivity contribution in [3.63, 3.8) is 0 Å². The molecule has 0 aromatic carbocycles. The second kappa shape index (κ2) is 7.43. The summed E-state index contributed by atoms with van der Waals surface area (Å²) in [5, 5.41) is 0. The summed E-state index contributed by atoms with van der Waals surface area (Å²) in [6.45, 7) is 10.9. The maximum atomic E-state index is 5.90. The summed E-state index contributed by atoms with van der Waals surface area (Å²) in [5.41, 5.74) is 5.68. The maximum absolute atomic E-state index is 5.90. The number of piperidine rings is 1. The van der Waals surface area contributed by atoms with E-state index in [0.29, 0.717) is 6.10 Å². The van der Waals surface area contributed by atoms with E-state index in [0.717, 1.165) is 45.2 Å². The average Bonchev–Trinajstić information content (AvgIpc) is 2.40. The normalized spacial score (nSPS) is 31.7. The fourth-order valence-electron chi connectivity index (χ4n) is 3.25. The van der Waals surface area contributed by atoms with Crippen molar-refractivity contribution in [2.24, 2.45) is 11.7 Å². The van der Waals surface area contributed by atoms with Crippen molar-refractivity contribution < 1.29 is 4.74 Å². The number of rotatable bonds is 5. The number of morpholine rings is 1. The van der Waals surface area contributed by atoms with Crippen molar-refractivity contribution in [3.8, 4) is 0 Å². The Morgan fingerprint density at radius 2 is 2.11 bits per heavy atom. The summed E-state index contributed by atoms with van der Waals surface area (Å²) in [5.74, 6) is 0.814. The minimum atomic E-state index is 0.412. The number of nitrogens with two attached hydrogens (primary N) is 1. The van der Waals surface area contributed by atoms with Gasteiger partial charge in [0, 0.05) is 26.2 Å². The van der Waals surface area contributed by atoms with E-state index in [1.807, 2.05) is 0 Å². The fourth-order valence-corrected chi connectivity index (χ4v) is 3.25. The van der Waals surface area contributed by atoms with Gasteiger partial charge in [-0.25, -0.2) is 0 Å². The molecular formula is C14H29N3O. The van der Waals surface area contributed by atoms with Crippen LogP contribution >= 0.6 is 0 Å². The molecule has 2 aliphatic rings. The molecule has 0 aromatic rings. The monoisotopic (exact) mass is 255 g/mol. The highest BCUT2D eigenvalue weighted by Gasteiger charge is 2.25. The van der Waals surface area contributed by atoms with Crippen LogP contribution in [0.3, 0.4) is 0 Å². The standard InChI is InChI=1S/C14H29N3O/c1-2-16-8-9-18-14(11-16)12-17-7-3-4-13(10-17)5-6-15/h13-14H,2-12,15H2,1H3. The van der Waals surface area contributed by atoms with E-state index in [1.165, 1.54) is 32.4 Å². The zero-order valence-corrected chi connectivity index (χ0v) is 11.8. The molecule has 106 valence electrons.